The topological polar surface area (TPSA) is 89.0 Å². The lowest BCUT2D eigenvalue weighted by Crippen LogP contribution is -2.15. The van der Waals surface area contributed by atoms with Crippen LogP contribution in [0.4, 0.5) is 17.3 Å². The van der Waals surface area contributed by atoms with Crippen LogP contribution in [0.15, 0.2) is 85.3 Å². The first-order valence-corrected chi connectivity index (χ1v) is 9.86. The average molecular weight is 411 g/mol. The molecule has 7 heteroatoms. The van der Waals surface area contributed by atoms with Gasteiger partial charge in [-0.2, -0.15) is 0 Å². The van der Waals surface area contributed by atoms with Crippen molar-refractivity contribution in [3.63, 3.8) is 0 Å². The SMILES string of the molecule is CCOc1ccc(Nc2nccc(C(=O)Nc3cnccc3-c3ccccc3)n2)cc1. The van der Waals surface area contributed by atoms with Crippen molar-refractivity contribution in [3.8, 4) is 16.9 Å². The van der Waals surface area contributed by atoms with E-state index in [9.17, 15) is 4.79 Å². The first kappa shape index (κ1) is 20.0. The van der Waals surface area contributed by atoms with Crippen LogP contribution in [0.2, 0.25) is 0 Å². The third-order valence-electron chi connectivity index (χ3n) is 4.46. The second kappa shape index (κ2) is 9.49. The monoisotopic (exact) mass is 411 g/mol. The Kier molecular flexibility index (Phi) is 6.13. The van der Waals surface area contributed by atoms with Crippen LogP contribution in [0.3, 0.4) is 0 Å². The molecule has 0 aliphatic rings. The van der Waals surface area contributed by atoms with Gasteiger partial charge in [-0.05, 0) is 48.9 Å². The van der Waals surface area contributed by atoms with Gasteiger partial charge in [-0.15, -0.1) is 0 Å². The summed E-state index contributed by atoms with van der Waals surface area (Å²) in [6, 6.07) is 20.7. The van der Waals surface area contributed by atoms with Gasteiger partial charge in [0, 0.05) is 23.6 Å². The number of nitrogens with one attached hydrogen (secondary N) is 2. The summed E-state index contributed by atoms with van der Waals surface area (Å²) < 4.78 is 5.44. The molecule has 4 aromatic rings. The van der Waals surface area contributed by atoms with Gasteiger partial charge >= 0.3 is 0 Å². The Balaban J connectivity index is 1.50. The highest BCUT2D eigenvalue weighted by Crippen LogP contribution is 2.27. The van der Waals surface area contributed by atoms with Gasteiger partial charge in [0.1, 0.15) is 11.4 Å². The maximum absolute atomic E-state index is 12.8. The number of amides is 1. The minimum Gasteiger partial charge on any atom is -0.494 e. The smallest absolute Gasteiger partial charge is 0.274 e. The molecule has 0 atom stereocenters. The number of ether oxygens (including phenoxy) is 1. The van der Waals surface area contributed by atoms with Crippen molar-refractivity contribution < 1.29 is 9.53 Å². The Morgan fingerprint density at radius 3 is 2.55 bits per heavy atom. The fourth-order valence-corrected chi connectivity index (χ4v) is 3.03. The van der Waals surface area contributed by atoms with Gasteiger partial charge in [0.05, 0.1) is 18.5 Å². The number of carbonyl (C=O) groups excluding carboxylic acids is 1. The number of rotatable bonds is 7. The van der Waals surface area contributed by atoms with Crippen molar-refractivity contribution in [1.82, 2.24) is 15.0 Å². The number of benzene rings is 2. The van der Waals surface area contributed by atoms with Gasteiger partial charge in [0.2, 0.25) is 5.95 Å². The molecule has 0 spiro atoms. The third kappa shape index (κ3) is 5.02. The normalized spacial score (nSPS) is 10.4. The van der Waals surface area contributed by atoms with Crippen LogP contribution in [0.1, 0.15) is 17.4 Å². The number of hydrogen-bond donors (Lipinski definition) is 2. The van der Waals surface area contributed by atoms with Gasteiger partial charge in [-0.1, -0.05) is 30.3 Å². The Bertz CT molecular complexity index is 1160. The lowest BCUT2D eigenvalue weighted by Gasteiger charge is -2.11. The minimum absolute atomic E-state index is 0.242. The molecule has 0 radical (unpaired) electrons. The predicted octanol–water partition coefficient (Wildman–Crippen LogP) is 4.93. The fraction of sp³-hybridized carbons (Fsp3) is 0.0833. The molecule has 0 saturated carbocycles. The summed E-state index contributed by atoms with van der Waals surface area (Å²) in [6.45, 7) is 2.54. The summed E-state index contributed by atoms with van der Waals surface area (Å²) in [6.07, 6.45) is 4.86. The quantitative estimate of drug-likeness (QED) is 0.448. The molecule has 154 valence electrons. The molecule has 0 saturated heterocycles. The van der Waals surface area contributed by atoms with Gasteiger partial charge < -0.3 is 15.4 Å². The van der Waals surface area contributed by atoms with Crippen molar-refractivity contribution in [2.75, 3.05) is 17.2 Å². The van der Waals surface area contributed by atoms with Crippen LogP contribution in [0, 0.1) is 0 Å². The molecule has 2 aromatic heterocycles. The van der Waals surface area contributed by atoms with E-state index in [-0.39, 0.29) is 11.6 Å². The largest absolute Gasteiger partial charge is 0.494 e. The Hall–Kier alpha value is -4.26. The van der Waals surface area contributed by atoms with E-state index in [1.165, 1.54) is 0 Å². The number of carbonyl (C=O) groups is 1. The van der Waals surface area contributed by atoms with Crippen molar-refractivity contribution in [2.45, 2.75) is 6.92 Å². The van der Waals surface area contributed by atoms with Gasteiger partial charge in [-0.25, -0.2) is 9.97 Å². The molecular formula is C24H21N5O2. The Morgan fingerprint density at radius 2 is 1.77 bits per heavy atom. The van der Waals surface area contributed by atoms with E-state index >= 15 is 0 Å². The molecule has 2 N–H and O–H groups in total. The summed E-state index contributed by atoms with van der Waals surface area (Å²) in [7, 11) is 0. The predicted molar refractivity (Wildman–Crippen MR) is 121 cm³/mol. The molecule has 2 heterocycles. The summed E-state index contributed by atoms with van der Waals surface area (Å²) in [5.74, 6) is 0.765. The average Bonchev–Trinajstić information content (AvgIpc) is 2.82. The molecule has 0 unspecified atom stereocenters. The summed E-state index contributed by atoms with van der Waals surface area (Å²) in [5, 5.41) is 6.00. The molecule has 0 fully saturated rings. The van der Waals surface area contributed by atoms with E-state index in [1.807, 2.05) is 67.6 Å². The van der Waals surface area contributed by atoms with Crippen molar-refractivity contribution in [2.24, 2.45) is 0 Å². The third-order valence-corrected chi connectivity index (χ3v) is 4.46. The van der Waals surface area contributed by atoms with Crippen molar-refractivity contribution >= 4 is 23.2 Å². The molecule has 0 aliphatic carbocycles. The van der Waals surface area contributed by atoms with Crippen LogP contribution in [0.5, 0.6) is 5.75 Å². The van der Waals surface area contributed by atoms with Gasteiger partial charge in [0.15, 0.2) is 0 Å². The first-order valence-electron chi connectivity index (χ1n) is 9.86. The zero-order valence-corrected chi connectivity index (χ0v) is 16.9. The number of nitrogens with zero attached hydrogens (tertiary/aromatic N) is 3. The van der Waals surface area contributed by atoms with Gasteiger partial charge in [-0.3, -0.25) is 9.78 Å². The van der Waals surface area contributed by atoms with Gasteiger partial charge in [0.25, 0.3) is 5.91 Å². The Labute approximate surface area is 180 Å². The van der Waals surface area contributed by atoms with Crippen LogP contribution in [-0.4, -0.2) is 27.5 Å². The molecule has 0 bridgehead atoms. The van der Waals surface area contributed by atoms with E-state index < -0.39 is 0 Å². The molecule has 0 aliphatic heterocycles. The highest BCUT2D eigenvalue weighted by Gasteiger charge is 2.13. The van der Waals surface area contributed by atoms with Crippen LogP contribution >= 0.6 is 0 Å². The number of aromatic nitrogens is 3. The number of pyridine rings is 1. The summed E-state index contributed by atoms with van der Waals surface area (Å²) in [5.41, 5.74) is 3.51. The molecular weight excluding hydrogens is 390 g/mol. The summed E-state index contributed by atoms with van der Waals surface area (Å²) in [4.78, 5) is 25.5. The molecule has 1 amide bonds. The van der Waals surface area contributed by atoms with E-state index in [0.717, 1.165) is 22.6 Å². The number of hydrogen-bond acceptors (Lipinski definition) is 6. The van der Waals surface area contributed by atoms with E-state index in [0.29, 0.717) is 18.2 Å². The maximum Gasteiger partial charge on any atom is 0.274 e. The molecule has 7 nitrogen and oxygen atoms in total. The standard InChI is InChI=1S/C24H21N5O2/c1-2-31-19-10-8-18(9-11-19)27-24-26-15-13-21(29-24)23(30)28-22-16-25-14-12-20(22)17-6-4-3-5-7-17/h3-16H,2H2,1H3,(H,28,30)(H,26,27,29). The zero-order valence-electron chi connectivity index (χ0n) is 16.9. The lowest BCUT2D eigenvalue weighted by molar-refractivity contribution is 0.102. The van der Waals surface area contributed by atoms with Crippen LogP contribution in [0.25, 0.3) is 11.1 Å². The summed E-state index contributed by atoms with van der Waals surface area (Å²) >= 11 is 0. The van der Waals surface area contributed by atoms with Crippen LogP contribution in [-0.2, 0) is 0 Å². The van der Waals surface area contributed by atoms with E-state index in [4.69, 9.17) is 4.74 Å². The van der Waals surface area contributed by atoms with E-state index in [2.05, 4.69) is 25.6 Å². The highest BCUT2D eigenvalue weighted by molar-refractivity contribution is 6.05. The maximum atomic E-state index is 12.8. The second-order valence-corrected chi connectivity index (χ2v) is 6.59. The Morgan fingerprint density at radius 1 is 0.968 bits per heavy atom. The van der Waals surface area contributed by atoms with Crippen molar-refractivity contribution in [1.29, 1.82) is 0 Å². The zero-order chi connectivity index (χ0) is 21.5. The first-order chi connectivity index (χ1) is 15.2. The molecule has 4 rings (SSSR count). The van der Waals surface area contributed by atoms with Crippen molar-refractivity contribution in [3.05, 3.63) is 91.0 Å². The highest BCUT2D eigenvalue weighted by atomic mass is 16.5. The van der Waals surface area contributed by atoms with E-state index in [1.54, 1.807) is 24.7 Å². The van der Waals surface area contributed by atoms with Crippen LogP contribution < -0.4 is 15.4 Å². The second-order valence-electron chi connectivity index (χ2n) is 6.59. The lowest BCUT2D eigenvalue weighted by atomic mass is 10.1. The molecule has 31 heavy (non-hydrogen) atoms. The fourth-order valence-electron chi connectivity index (χ4n) is 3.03. The minimum atomic E-state index is -0.345. The number of anilines is 3. The molecule has 2 aromatic carbocycles.